The second-order valence-corrected chi connectivity index (χ2v) is 5.12. The first-order valence-electron chi connectivity index (χ1n) is 6.75. The molecule has 2 rings (SSSR count). The van der Waals surface area contributed by atoms with Gasteiger partial charge in [-0.15, -0.1) is 0 Å². The fraction of sp³-hybridized carbons (Fsp3) is 0.467. The Labute approximate surface area is 117 Å². The van der Waals surface area contributed by atoms with E-state index in [0.717, 1.165) is 12.0 Å². The number of aliphatic hydroxyl groups excluding tert-OH is 2. The molecule has 108 valence electrons. The van der Waals surface area contributed by atoms with Crippen LogP contribution in [0.5, 0.6) is 0 Å². The largest absolute Gasteiger partial charge is 0.390 e. The molecule has 1 aromatic rings. The van der Waals surface area contributed by atoms with Gasteiger partial charge in [0.1, 0.15) is 6.10 Å². The summed E-state index contributed by atoms with van der Waals surface area (Å²) in [7, 11) is 0. The molecule has 0 saturated carbocycles. The zero-order chi connectivity index (χ0) is 14.7. The SMILES string of the molecule is CC(=O)NCCC(O)C(O)c1ccc2c(c1)C(=O)CC2. The van der Waals surface area contributed by atoms with Crippen molar-refractivity contribution < 1.29 is 19.8 Å². The average molecular weight is 277 g/mol. The van der Waals surface area contributed by atoms with E-state index in [0.29, 0.717) is 24.1 Å². The molecule has 1 aliphatic carbocycles. The van der Waals surface area contributed by atoms with Gasteiger partial charge in [0.2, 0.25) is 5.91 Å². The maximum atomic E-state index is 11.7. The second kappa shape index (κ2) is 6.15. The Balaban J connectivity index is 2.02. The maximum Gasteiger partial charge on any atom is 0.216 e. The maximum absolute atomic E-state index is 11.7. The summed E-state index contributed by atoms with van der Waals surface area (Å²) < 4.78 is 0. The topological polar surface area (TPSA) is 86.6 Å². The normalized spacial score (nSPS) is 16.6. The lowest BCUT2D eigenvalue weighted by atomic mass is 9.98. The number of nitrogens with one attached hydrogen (secondary N) is 1. The van der Waals surface area contributed by atoms with Gasteiger partial charge in [-0.25, -0.2) is 0 Å². The Kier molecular flexibility index (Phi) is 4.52. The Hall–Kier alpha value is -1.72. The molecule has 0 spiro atoms. The van der Waals surface area contributed by atoms with E-state index in [4.69, 9.17) is 0 Å². The molecule has 0 aromatic heterocycles. The Bertz CT molecular complexity index is 527. The molecule has 0 radical (unpaired) electrons. The number of hydrogen-bond donors (Lipinski definition) is 3. The smallest absolute Gasteiger partial charge is 0.216 e. The van der Waals surface area contributed by atoms with Crippen molar-refractivity contribution in [3.8, 4) is 0 Å². The third-order valence-corrected chi connectivity index (χ3v) is 3.58. The van der Waals surface area contributed by atoms with Gasteiger partial charge < -0.3 is 15.5 Å². The molecule has 1 aromatic carbocycles. The number of aryl methyl sites for hydroxylation is 1. The van der Waals surface area contributed by atoms with E-state index in [-0.39, 0.29) is 18.1 Å². The van der Waals surface area contributed by atoms with Crippen molar-refractivity contribution in [2.75, 3.05) is 6.54 Å². The highest BCUT2D eigenvalue weighted by molar-refractivity contribution is 6.00. The first-order valence-corrected chi connectivity index (χ1v) is 6.75. The zero-order valence-electron chi connectivity index (χ0n) is 11.4. The molecule has 0 heterocycles. The highest BCUT2D eigenvalue weighted by Crippen LogP contribution is 2.27. The molecule has 20 heavy (non-hydrogen) atoms. The van der Waals surface area contributed by atoms with Crippen LogP contribution in [0.2, 0.25) is 0 Å². The number of hydrogen-bond acceptors (Lipinski definition) is 4. The lowest BCUT2D eigenvalue weighted by Gasteiger charge is -2.19. The minimum absolute atomic E-state index is 0.0850. The van der Waals surface area contributed by atoms with E-state index in [9.17, 15) is 19.8 Å². The summed E-state index contributed by atoms with van der Waals surface area (Å²) >= 11 is 0. The summed E-state index contributed by atoms with van der Waals surface area (Å²) in [6, 6.07) is 5.24. The number of carbonyl (C=O) groups excluding carboxylic acids is 2. The van der Waals surface area contributed by atoms with Crippen LogP contribution in [0, 0.1) is 0 Å². The van der Waals surface area contributed by atoms with E-state index in [1.54, 1.807) is 12.1 Å². The molecule has 5 nitrogen and oxygen atoms in total. The summed E-state index contributed by atoms with van der Waals surface area (Å²) in [6.07, 6.45) is -0.514. The minimum atomic E-state index is -1.05. The van der Waals surface area contributed by atoms with Gasteiger partial charge in [0, 0.05) is 25.5 Å². The number of rotatable bonds is 5. The predicted molar refractivity (Wildman–Crippen MR) is 73.4 cm³/mol. The van der Waals surface area contributed by atoms with Crippen molar-refractivity contribution in [2.24, 2.45) is 0 Å². The summed E-state index contributed by atoms with van der Waals surface area (Å²) in [5, 5.41) is 22.6. The lowest BCUT2D eigenvalue weighted by molar-refractivity contribution is -0.119. The number of carbonyl (C=O) groups is 2. The molecule has 0 fully saturated rings. The van der Waals surface area contributed by atoms with Crippen LogP contribution in [0.25, 0.3) is 0 Å². The number of ketones is 1. The van der Waals surface area contributed by atoms with E-state index in [2.05, 4.69) is 5.32 Å². The Morgan fingerprint density at radius 1 is 1.35 bits per heavy atom. The van der Waals surface area contributed by atoms with Gasteiger partial charge in [-0.05, 0) is 30.0 Å². The first kappa shape index (κ1) is 14.7. The van der Waals surface area contributed by atoms with Gasteiger partial charge in [-0.3, -0.25) is 9.59 Å². The van der Waals surface area contributed by atoms with Crippen LogP contribution < -0.4 is 5.32 Å². The van der Waals surface area contributed by atoms with Crippen molar-refractivity contribution in [3.05, 3.63) is 34.9 Å². The van der Waals surface area contributed by atoms with Crippen LogP contribution in [0.1, 0.15) is 47.4 Å². The molecule has 1 amide bonds. The van der Waals surface area contributed by atoms with Crippen LogP contribution in [-0.4, -0.2) is 34.6 Å². The molecular formula is C15H19NO4. The fourth-order valence-corrected chi connectivity index (χ4v) is 2.41. The van der Waals surface area contributed by atoms with Crippen molar-refractivity contribution in [1.29, 1.82) is 0 Å². The van der Waals surface area contributed by atoms with E-state index < -0.39 is 12.2 Å². The third kappa shape index (κ3) is 3.23. The van der Waals surface area contributed by atoms with Crippen molar-refractivity contribution >= 4 is 11.7 Å². The number of benzene rings is 1. The van der Waals surface area contributed by atoms with Gasteiger partial charge in [0.15, 0.2) is 5.78 Å². The van der Waals surface area contributed by atoms with Crippen molar-refractivity contribution in [2.45, 2.75) is 38.4 Å². The highest BCUT2D eigenvalue weighted by Gasteiger charge is 2.23. The predicted octanol–water partition coefficient (Wildman–Crippen LogP) is 0.736. The van der Waals surface area contributed by atoms with Crippen LogP contribution in [0.15, 0.2) is 18.2 Å². The number of fused-ring (bicyclic) bond motifs is 1. The third-order valence-electron chi connectivity index (χ3n) is 3.58. The minimum Gasteiger partial charge on any atom is -0.390 e. The molecule has 0 bridgehead atoms. The average Bonchev–Trinajstić information content (AvgIpc) is 2.78. The quantitative estimate of drug-likeness (QED) is 0.740. The van der Waals surface area contributed by atoms with Gasteiger partial charge in [0.05, 0.1) is 6.10 Å². The second-order valence-electron chi connectivity index (χ2n) is 5.12. The van der Waals surface area contributed by atoms with E-state index >= 15 is 0 Å². The molecule has 2 unspecified atom stereocenters. The molecule has 5 heteroatoms. The summed E-state index contributed by atoms with van der Waals surface area (Å²) in [5.41, 5.74) is 2.18. The van der Waals surface area contributed by atoms with Gasteiger partial charge in [-0.1, -0.05) is 12.1 Å². The molecule has 0 saturated heterocycles. The molecule has 0 aliphatic heterocycles. The monoisotopic (exact) mass is 277 g/mol. The van der Waals surface area contributed by atoms with Gasteiger partial charge >= 0.3 is 0 Å². The Morgan fingerprint density at radius 2 is 2.10 bits per heavy atom. The standard InChI is InChI=1S/C15H19NO4/c1-9(17)16-7-6-14(19)15(20)11-3-2-10-4-5-13(18)12(10)8-11/h2-3,8,14-15,19-20H,4-7H2,1H3,(H,16,17). The number of amides is 1. The molecule has 2 atom stereocenters. The zero-order valence-corrected chi connectivity index (χ0v) is 11.4. The van der Waals surface area contributed by atoms with Crippen LogP contribution >= 0.6 is 0 Å². The molecular weight excluding hydrogens is 258 g/mol. The van der Waals surface area contributed by atoms with E-state index in [1.165, 1.54) is 6.92 Å². The summed E-state index contributed by atoms with van der Waals surface area (Å²) in [6.45, 7) is 1.70. The summed E-state index contributed by atoms with van der Waals surface area (Å²) in [5.74, 6) is -0.0865. The van der Waals surface area contributed by atoms with Crippen LogP contribution in [0.3, 0.4) is 0 Å². The van der Waals surface area contributed by atoms with Crippen LogP contribution in [-0.2, 0) is 11.2 Å². The van der Waals surface area contributed by atoms with Gasteiger partial charge in [-0.2, -0.15) is 0 Å². The molecule has 1 aliphatic rings. The van der Waals surface area contributed by atoms with Gasteiger partial charge in [0.25, 0.3) is 0 Å². The number of aliphatic hydroxyl groups is 2. The lowest BCUT2D eigenvalue weighted by Crippen LogP contribution is -2.27. The van der Waals surface area contributed by atoms with Crippen LogP contribution in [0.4, 0.5) is 0 Å². The fourth-order valence-electron chi connectivity index (χ4n) is 2.41. The first-order chi connectivity index (χ1) is 9.49. The Morgan fingerprint density at radius 3 is 2.80 bits per heavy atom. The van der Waals surface area contributed by atoms with Crippen molar-refractivity contribution in [1.82, 2.24) is 5.32 Å². The van der Waals surface area contributed by atoms with Crippen molar-refractivity contribution in [3.63, 3.8) is 0 Å². The molecule has 3 N–H and O–H groups in total. The van der Waals surface area contributed by atoms with E-state index in [1.807, 2.05) is 6.07 Å². The summed E-state index contributed by atoms with van der Waals surface area (Å²) in [4.78, 5) is 22.4. The number of Topliss-reactive ketones (excluding diaryl/α,β-unsaturated/α-hetero) is 1. The highest BCUT2D eigenvalue weighted by atomic mass is 16.3.